The lowest BCUT2D eigenvalue weighted by atomic mass is 10.1. The van der Waals surface area contributed by atoms with Gasteiger partial charge in [-0.3, -0.25) is 0 Å². The fraction of sp³-hybridized carbons (Fsp3) is 0.667. The fourth-order valence-corrected chi connectivity index (χ4v) is 2.71. The standard InChI is InChI=1S/C18H30N2O/c1-5-21-17-10-12-20(13-11-17)16-8-6-15(7-9-16)14-19-18(2,3)4/h6-9,17,19H,5,10-14H2,1-4H3. The van der Waals surface area contributed by atoms with Gasteiger partial charge < -0.3 is 15.0 Å². The minimum Gasteiger partial charge on any atom is -0.378 e. The van der Waals surface area contributed by atoms with Crippen molar-refractivity contribution < 1.29 is 4.74 Å². The summed E-state index contributed by atoms with van der Waals surface area (Å²) in [5.74, 6) is 0. The van der Waals surface area contributed by atoms with Crippen LogP contribution in [0.25, 0.3) is 0 Å². The molecule has 0 radical (unpaired) electrons. The van der Waals surface area contributed by atoms with Gasteiger partial charge in [0.1, 0.15) is 0 Å². The molecule has 0 bridgehead atoms. The molecule has 0 spiro atoms. The van der Waals surface area contributed by atoms with E-state index in [1.807, 2.05) is 0 Å². The van der Waals surface area contributed by atoms with E-state index < -0.39 is 0 Å². The Kier molecular flexibility index (Phi) is 5.65. The monoisotopic (exact) mass is 290 g/mol. The van der Waals surface area contributed by atoms with E-state index in [2.05, 4.69) is 62.2 Å². The van der Waals surface area contributed by atoms with Gasteiger partial charge in [0.2, 0.25) is 0 Å². The Morgan fingerprint density at radius 3 is 2.29 bits per heavy atom. The third-order valence-corrected chi connectivity index (χ3v) is 3.97. The van der Waals surface area contributed by atoms with E-state index in [1.165, 1.54) is 11.3 Å². The summed E-state index contributed by atoms with van der Waals surface area (Å²) in [6, 6.07) is 8.98. The number of nitrogens with one attached hydrogen (secondary N) is 1. The largest absolute Gasteiger partial charge is 0.378 e. The maximum Gasteiger partial charge on any atom is 0.0608 e. The minimum atomic E-state index is 0.166. The molecule has 21 heavy (non-hydrogen) atoms. The van der Waals surface area contributed by atoms with Crippen LogP contribution in [0.1, 0.15) is 46.1 Å². The van der Waals surface area contributed by atoms with Crippen molar-refractivity contribution in [2.24, 2.45) is 0 Å². The van der Waals surface area contributed by atoms with Gasteiger partial charge in [-0.2, -0.15) is 0 Å². The SMILES string of the molecule is CCOC1CCN(c2ccc(CNC(C)(C)C)cc2)CC1. The van der Waals surface area contributed by atoms with E-state index in [1.54, 1.807) is 0 Å². The molecule has 1 N–H and O–H groups in total. The van der Waals surface area contributed by atoms with Gasteiger partial charge in [-0.15, -0.1) is 0 Å². The average molecular weight is 290 g/mol. The molecule has 0 atom stereocenters. The molecule has 1 heterocycles. The maximum absolute atomic E-state index is 5.71. The molecular weight excluding hydrogens is 260 g/mol. The summed E-state index contributed by atoms with van der Waals surface area (Å²) >= 11 is 0. The van der Waals surface area contributed by atoms with Gasteiger partial charge in [-0.25, -0.2) is 0 Å². The van der Waals surface area contributed by atoms with Gasteiger partial charge in [0.25, 0.3) is 0 Å². The highest BCUT2D eigenvalue weighted by molar-refractivity contribution is 5.48. The Morgan fingerprint density at radius 1 is 1.14 bits per heavy atom. The van der Waals surface area contributed by atoms with Gasteiger partial charge >= 0.3 is 0 Å². The second kappa shape index (κ2) is 7.28. The highest BCUT2D eigenvalue weighted by Crippen LogP contribution is 2.22. The number of piperidine rings is 1. The predicted octanol–water partition coefficient (Wildman–Crippen LogP) is 3.58. The van der Waals surface area contributed by atoms with Crippen molar-refractivity contribution in [2.45, 2.75) is 58.7 Å². The van der Waals surface area contributed by atoms with Crippen molar-refractivity contribution in [3.05, 3.63) is 29.8 Å². The van der Waals surface area contributed by atoms with Crippen LogP contribution >= 0.6 is 0 Å². The van der Waals surface area contributed by atoms with E-state index in [0.717, 1.165) is 39.1 Å². The molecule has 2 rings (SSSR count). The molecule has 1 fully saturated rings. The summed E-state index contributed by atoms with van der Waals surface area (Å²) in [5.41, 5.74) is 2.85. The Bertz CT molecular complexity index is 414. The normalized spacial score (nSPS) is 17.2. The summed E-state index contributed by atoms with van der Waals surface area (Å²) in [4.78, 5) is 2.47. The van der Waals surface area contributed by atoms with E-state index >= 15 is 0 Å². The molecule has 1 saturated heterocycles. The van der Waals surface area contributed by atoms with Gasteiger partial charge in [0, 0.05) is 37.5 Å². The molecular formula is C18H30N2O. The number of ether oxygens (including phenoxy) is 1. The van der Waals surface area contributed by atoms with E-state index in [0.29, 0.717) is 6.10 Å². The molecule has 0 amide bonds. The number of rotatable bonds is 5. The molecule has 3 nitrogen and oxygen atoms in total. The second-order valence-electron chi connectivity index (χ2n) is 6.91. The van der Waals surface area contributed by atoms with Crippen LogP contribution in [0.5, 0.6) is 0 Å². The topological polar surface area (TPSA) is 24.5 Å². The summed E-state index contributed by atoms with van der Waals surface area (Å²) in [6.45, 7) is 12.6. The zero-order valence-corrected chi connectivity index (χ0v) is 14.0. The quantitative estimate of drug-likeness (QED) is 0.897. The Morgan fingerprint density at radius 2 is 1.76 bits per heavy atom. The van der Waals surface area contributed by atoms with Crippen molar-refractivity contribution in [1.29, 1.82) is 0 Å². The fourth-order valence-electron chi connectivity index (χ4n) is 2.71. The Balaban J connectivity index is 1.85. The van der Waals surface area contributed by atoms with E-state index in [-0.39, 0.29) is 5.54 Å². The van der Waals surface area contributed by atoms with Crippen LogP contribution in [-0.2, 0) is 11.3 Å². The van der Waals surface area contributed by atoms with Crippen molar-refractivity contribution >= 4 is 5.69 Å². The van der Waals surface area contributed by atoms with Crippen LogP contribution in [0, 0.1) is 0 Å². The number of hydrogen-bond acceptors (Lipinski definition) is 3. The first-order valence-corrected chi connectivity index (χ1v) is 8.18. The van der Waals surface area contributed by atoms with Crippen LogP contribution < -0.4 is 10.2 Å². The van der Waals surface area contributed by atoms with Gasteiger partial charge in [-0.05, 0) is 58.2 Å². The first-order valence-electron chi connectivity index (χ1n) is 8.18. The molecule has 0 aliphatic carbocycles. The Labute approximate surface area is 129 Å². The minimum absolute atomic E-state index is 0.166. The van der Waals surface area contributed by atoms with Gasteiger partial charge in [-0.1, -0.05) is 12.1 Å². The van der Waals surface area contributed by atoms with Crippen LogP contribution in [0.4, 0.5) is 5.69 Å². The summed E-state index contributed by atoms with van der Waals surface area (Å²) in [5, 5.41) is 3.53. The van der Waals surface area contributed by atoms with E-state index in [9.17, 15) is 0 Å². The molecule has 0 aromatic heterocycles. The molecule has 1 aliphatic rings. The smallest absolute Gasteiger partial charge is 0.0608 e. The zero-order chi connectivity index (χ0) is 15.3. The van der Waals surface area contributed by atoms with Gasteiger partial charge in [0.05, 0.1) is 6.10 Å². The van der Waals surface area contributed by atoms with Gasteiger partial charge in [0.15, 0.2) is 0 Å². The molecule has 0 saturated carbocycles. The molecule has 1 aromatic rings. The highest BCUT2D eigenvalue weighted by Gasteiger charge is 2.19. The van der Waals surface area contributed by atoms with Crippen molar-refractivity contribution in [1.82, 2.24) is 5.32 Å². The maximum atomic E-state index is 5.71. The molecule has 3 heteroatoms. The molecule has 1 aliphatic heterocycles. The van der Waals surface area contributed by atoms with Crippen LogP contribution in [0.15, 0.2) is 24.3 Å². The number of anilines is 1. The number of hydrogen-bond donors (Lipinski definition) is 1. The highest BCUT2D eigenvalue weighted by atomic mass is 16.5. The average Bonchev–Trinajstić information content (AvgIpc) is 2.46. The first kappa shape index (κ1) is 16.3. The number of nitrogens with zero attached hydrogens (tertiary/aromatic N) is 1. The predicted molar refractivity (Wildman–Crippen MR) is 89.9 cm³/mol. The third kappa shape index (κ3) is 5.33. The summed E-state index contributed by atoms with van der Waals surface area (Å²) in [6.07, 6.45) is 2.74. The lowest BCUT2D eigenvalue weighted by Gasteiger charge is -2.33. The molecule has 0 unspecified atom stereocenters. The molecule has 118 valence electrons. The van der Waals surface area contributed by atoms with E-state index in [4.69, 9.17) is 4.74 Å². The van der Waals surface area contributed by atoms with Crippen molar-refractivity contribution in [3.63, 3.8) is 0 Å². The molecule has 1 aromatic carbocycles. The van der Waals surface area contributed by atoms with Crippen LogP contribution in [-0.4, -0.2) is 31.3 Å². The Hall–Kier alpha value is -1.06. The first-order chi connectivity index (χ1) is 9.98. The lowest BCUT2D eigenvalue weighted by molar-refractivity contribution is 0.0459. The van der Waals surface area contributed by atoms with Crippen molar-refractivity contribution in [2.75, 3.05) is 24.6 Å². The second-order valence-corrected chi connectivity index (χ2v) is 6.91. The number of benzene rings is 1. The summed E-state index contributed by atoms with van der Waals surface area (Å²) < 4.78 is 5.71. The van der Waals surface area contributed by atoms with Crippen LogP contribution in [0.3, 0.4) is 0 Å². The van der Waals surface area contributed by atoms with Crippen LogP contribution in [0.2, 0.25) is 0 Å². The zero-order valence-electron chi connectivity index (χ0n) is 14.0. The summed E-state index contributed by atoms with van der Waals surface area (Å²) in [7, 11) is 0. The third-order valence-electron chi connectivity index (χ3n) is 3.97. The lowest BCUT2D eigenvalue weighted by Crippen LogP contribution is -2.37. The van der Waals surface area contributed by atoms with Crippen molar-refractivity contribution in [3.8, 4) is 0 Å².